The normalized spacial score (nSPS) is 24.3. The summed E-state index contributed by atoms with van der Waals surface area (Å²) in [5.41, 5.74) is 0.966. The van der Waals surface area contributed by atoms with Gasteiger partial charge in [0.2, 0.25) is 0 Å². The van der Waals surface area contributed by atoms with E-state index in [0.717, 1.165) is 11.3 Å². The topological polar surface area (TPSA) is 58.6 Å². The van der Waals surface area contributed by atoms with E-state index in [1.54, 1.807) is 7.11 Å². The first-order chi connectivity index (χ1) is 7.22. The number of carboxylic acid groups (broad SMARTS) is 1. The van der Waals surface area contributed by atoms with Crippen molar-refractivity contribution in [2.75, 3.05) is 13.7 Å². The number of carboxylic acids is 1. The maximum atomic E-state index is 10.8. The summed E-state index contributed by atoms with van der Waals surface area (Å²) in [4.78, 5) is 10.8. The third-order valence-corrected chi connectivity index (χ3v) is 2.73. The monoisotopic (exact) mass is 207 g/mol. The number of hydrogen-bond acceptors (Lipinski definition) is 3. The molecule has 0 aliphatic carbocycles. The number of ether oxygens (including phenoxy) is 1. The molecule has 2 unspecified atom stereocenters. The molecule has 4 nitrogen and oxygen atoms in total. The van der Waals surface area contributed by atoms with E-state index >= 15 is 0 Å². The summed E-state index contributed by atoms with van der Waals surface area (Å²) in [5, 5.41) is 12.0. The fraction of sp³-hybridized carbons (Fsp3) is 0.364. The minimum atomic E-state index is -0.749. The molecule has 1 aliphatic heterocycles. The lowest BCUT2D eigenvalue weighted by molar-refractivity contribution is -0.145. The van der Waals surface area contributed by atoms with Crippen LogP contribution in [0.5, 0.6) is 5.75 Å². The highest BCUT2D eigenvalue weighted by atomic mass is 16.5. The highest BCUT2D eigenvalue weighted by Crippen LogP contribution is 2.31. The van der Waals surface area contributed by atoms with Crippen LogP contribution in [-0.4, -0.2) is 24.7 Å². The Balaban J connectivity index is 2.19. The number of carbonyl (C=O) groups is 1. The van der Waals surface area contributed by atoms with Crippen molar-refractivity contribution in [1.29, 1.82) is 0 Å². The molecule has 4 heteroatoms. The van der Waals surface area contributed by atoms with Crippen molar-refractivity contribution in [3.8, 4) is 5.75 Å². The van der Waals surface area contributed by atoms with Crippen molar-refractivity contribution in [2.24, 2.45) is 5.92 Å². The summed E-state index contributed by atoms with van der Waals surface area (Å²) in [6.45, 7) is 0.539. The van der Waals surface area contributed by atoms with E-state index in [-0.39, 0.29) is 12.0 Å². The van der Waals surface area contributed by atoms with Gasteiger partial charge in [0.25, 0.3) is 0 Å². The molecule has 1 saturated heterocycles. The van der Waals surface area contributed by atoms with Crippen molar-refractivity contribution in [1.82, 2.24) is 5.32 Å². The Kier molecular flexibility index (Phi) is 2.60. The van der Waals surface area contributed by atoms with Crippen LogP contribution in [0.15, 0.2) is 24.3 Å². The van der Waals surface area contributed by atoms with Gasteiger partial charge in [-0.05, 0) is 17.7 Å². The molecule has 2 rings (SSSR count). The predicted molar refractivity (Wildman–Crippen MR) is 54.9 cm³/mol. The van der Waals surface area contributed by atoms with E-state index in [2.05, 4.69) is 5.32 Å². The largest absolute Gasteiger partial charge is 0.497 e. The summed E-state index contributed by atoms with van der Waals surface area (Å²) in [6, 6.07) is 7.41. The van der Waals surface area contributed by atoms with Crippen LogP contribution in [0.25, 0.3) is 0 Å². The Morgan fingerprint density at radius 2 is 2.40 bits per heavy atom. The molecule has 1 aromatic carbocycles. The second kappa shape index (κ2) is 3.90. The maximum Gasteiger partial charge on any atom is 0.309 e. The minimum Gasteiger partial charge on any atom is -0.497 e. The number of nitrogens with one attached hydrogen (secondary N) is 1. The van der Waals surface area contributed by atoms with Gasteiger partial charge in [0.15, 0.2) is 0 Å². The van der Waals surface area contributed by atoms with Crippen LogP contribution in [0.2, 0.25) is 0 Å². The predicted octanol–water partition coefficient (Wildman–Crippen LogP) is 1.04. The fourth-order valence-corrected chi connectivity index (χ4v) is 1.77. The first kappa shape index (κ1) is 9.98. The lowest BCUT2D eigenvalue weighted by Gasteiger charge is -2.35. The lowest BCUT2D eigenvalue weighted by Crippen LogP contribution is -2.49. The molecule has 0 bridgehead atoms. The number of methoxy groups -OCH3 is 1. The Morgan fingerprint density at radius 1 is 1.60 bits per heavy atom. The summed E-state index contributed by atoms with van der Waals surface area (Å²) in [5.74, 6) is -0.316. The average Bonchev–Trinajstić information content (AvgIpc) is 2.15. The first-order valence-corrected chi connectivity index (χ1v) is 4.82. The van der Waals surface area contributed by atoms with Crippen molar-refractivity contribution < 1.29 is 14.6 Å². The minimum absolute atomic E-state index is 0.0856. The van der Waals surface area contributed by atoms with Gasteiger partial charge in [-0.1, -0.05) is 12.1 Å². The van der Waals surface area contributed by atoms with E-state index in [1.807, 2.05) is 24.3 Å². The third kappa shape index (κ3) is 1.80. The summed E-state index contributed by atoms with van der Waals surface area (Å²) < 4.78 is 5.09. The molecular weight excluding hydrogens is 194 g/mol. The van der Waals surface area contributed by atoms with Crippen LogP contribution in [0.4, 0.5) is 0 Å². The molecule has 1 heterocycles. The molecule has 80 valence electrons. The molecule has 2 atom stereocenters. The number of rotatable bonds is 3. The second-order valence-corrected chi connectivity index (χ2v) is 3.61. The lowest BCUT2D eigenvalue weighted by atomic mass is 9.86. The van der Waals surface area contributed by atoms with Crippen LogP contribution >= 0.6 is 0 Å². The molecule has 0 saturated carbocycles. The highest BCUT2D eigenvalue weighted by molar-refractivity contribution is 5.73. The SMILES string of the molecule is COc1cccc(C2NCC2C(=O)O)c1. The van der Waals surface area contributed by atoms with Gasteiger partial charge in [0.05, 0.1) is 13.0 Å². The summed E-state index contributed by atoms with van der Waals surface area (Å²) >= 11 is 0. The van der Waals surface area contributed by atoms with Crippen molar-refractivity contribution in [3.05, 3.63) is 29.8 Å². The zero-order chi connectivity index (χ0) is 10.8. The van der Waals surface area contributed by atoms with Gasteiger partial charge in [0.1, 0.15) is 5.75 Å². The highest BCUT2D eigenvalue weighted by Gasteiger charge is 2.37. The Bertz CT molecular complexity index is 378. The van der Waals surface area contributed by atoms with Gasteiger partial charge in [0, 0.05) is 12.6 Å². The van der Waals surface area contributed by atoms with Crippen molar-refractivity contribution >= 4 is 5.97 Å². The van der Waals surface area contributed by atoms with E-state index in [4.69, 9.17) is 9.84 Å². The molecule has 0 amide bonds. The number of benzene rings is 1. The van der Waals surface area contributed by atoms with E-state index in [1.165, 1.54) is 0 Å². The molecular formula is C11H13NO3. The molecule has 0 spiro atoms. The quantitative estimate of drug-likeness (QED) is 0.777. The number of hydrogen-bond donors (Lipinski definition) is 2. The molecule has 1 aromatic rings. The summed E-state index contributed by atoms with van der Waals surface area (Å²) in [6.07, 6.45) is 0. The van der Waals surface area contributed by atoms with Gasteiger partial charge in [-0.15, -0.1) is 0 Å². The number of aliphatic carboxylic acids is 1. The third-order valence-electron chi connectivity index (χ3n) is 2.73. The van der Waals surface area contributed by atoms with Gasteiger partial charge in [-0.25, -0.2) is 0 Å². The average molecular weight is 207 g/mol. The zero-order valence-corrected chi connectivity index (χ0v) is 8.43. The van der Waals surface area contributed by atoms with Crippen LogP contribution in [0.3, 0.4) is 0 Å². The second-order valence-electron chi connectivity index (χ2n) is 3.61. The van der Waals surface area contributed by atoms with Crippen LogP contribution in [0, 0.1) is 5.92 Å². The first-order valence-electron chi connectivity index (χ1n) is 4.82. The fourth-order valence-electron chi connectivity index (χ4n) is 1.77. The molecule has 15 heavy (non-hydrogen) atoms. The van der Waals surface area contributed by atoms with Gasteiger partial charge in [-0.2, -0.15) is 0 Å². The van der Waals surface area contributed by atoms with Crippen LogP contribution < -0.4 is 10.1 Å². The van der Waals surface area contributed by atoms with Crippen LogP contribution in [-0.2, 0) is 4.79 Å². The molecule has 0 aromatic heterocycles. The molecule has 0 radical (unpaired) electrons. The van der Waals surface area contributed by atoms with E-state index in [0.29, 0.717) is 6.54 Å². The van der Waals surface area contributed by atoms with Gasteiger partial charge < -0.3 is 15.2 Å². The Hall–Kier alpha value is -1.55. The Labute approximate surface area is 87.9 Å². The standard InChI is InChI=1S/C11H13NO3/c1-15-8-4-2-3-7(5-8)10-9(6-12-10)11(13)14/h2-5,9-10,12H,6H2,1H3,(H,13,14). The zero-order valence-electron chi connectivity index (χ0n) is 8.43. The van der Waals surface area contributed by atoms with E-state index < -0.39 is 5.97 Å². The van der Waals surface area contributed by atoms with Crippen molar-refractivity contribution in [2.45, 2.75) is 6.04 Å². The molecule has 2 N–H and O–H groups in total. The summed E-state index contributed by atoms with van der Waals surface area (Å²) in [7, 11) is 1.60. The van der Waals surface area contributed by atoms with Crippen molar-refractivity contribution in [3.63, 3.8) is 0 Å². The van der Waals surface area contributed by atoms with Gasteiger partial charge in [-0.3, -0.25) is 4.79 Å². The smallest absolute Gasteiger partial charge is 0.309 e. The maximum absolute atomic E-state index is 10.8. The molecule has 1 aliphatic rings. The van der Waals surface area contributed by atoms with Crippen LogP contribution in [0.1, 0.15) is 11.6 Å². The Morgan fingerprint density at radius 3 is 2.93 bits per heavy atom. The van der Waals surface area contributed by atoms with E-state index in [9.17, 15) is 4.79 Å². The molecule has 1 fully saturated rings. The van der Waals surface area contributed by atoms with Gasteiger partial charge >= 0.3 is 5.97 Å².